The predicted molar refractivity (Wildman–Crippen MR) is 74.8 cm³/mol. The van der Waals surface area contributed by atoms with Crippen molar-refractivity contribution in [3.63, 3.8) is 0 Å². The van der Waals surface area contributed by atoms with Crippen LogP contribution in [-0.4, -0.2) is 36.3 Å². The van der Waals surface area contributed by atoms with Crippen LogP contribution >= 0.6 is 0 Å². The van der Waals surface area contributed by atoms with Crippen molar-refractivity contribution >= 4 is 17.5 Å². The molecule has 19 heavy (non-hydrogen) atoms. The van der Waals surface area contributed by atoms with Crippen LogP contribution in [0.2, 0.25) is 0 Å². The fourth-order valence-electron chi connectivity index (χ4n) is 2.27. The maximum Gasteiger partial charge on any atom is 0.227 e. The zero-order valence-corrected chi connectivity index (χ0v) is 11.7. The number of para-hydroxylation sites is 1. The van der Waals surface area contributed by atoms with E-state index in [4.69, 9.17) is 0 Å². The minimum atomic E-state index is -0.222. The zero-order valence-electron chi connectivity index (χ0n) is 11.7. The van der Waals surface area contributed by atoms with Crippen molar-refractivity contribution in [2.24, 2.45) is 5.92 Å². The average molecular weight is 260 g/mol. The molecule has 1 unspecified atom stereocenters. The molecule has 1 fully saturated rings. The fourth-order valence-corrected chi connectivity index (χ4v) is 2.27. The summed E-state index contributed by atoms with van der Waals surface area (Å²) in [6.45, 7) is 4.44. The van der Waals surface area contributed by atoms with Crippen LogP contribution < -0.4 is 4.90 Å². The molecule has 1 aliphatic heterocycles. The van der Waals surface area contributed by atoms with Crippen molar-refractivity contribution in [3.05, 3.63) is 30.3 Å². The van der Waals surface area contributed by atoms with Crippen LogP contribution in [0, 0.1) is 5.92 Å². The monoisotopic (exact) mass is 260 g/mol. The van der Waals surface area contributed by atoms with E-state index in [-0.39, 0.29) is 23.8 Å². The molecule has 1 aliphatic rings. The smallest absolute Gasteiger partial charge is 0.227 e. The normalized spacial score (nSPS) is 19.1. The van der Waals surface area contributed by atoms with Crippen molar-refractivity contribution in [2.45, 2.75) is 26.3 Å². The van der Waals surface area contributed by atoms with Crippen molar-refractivity contribution < 1.29 is 9.59 Å². The molecular weight excluding hydrogens is 240 g/mol. The molecular formula is C15H20N2O2. The molecule has 0 N–H and O–H groups in total. The van der Waals surface area contributed by atoms with Gasteiger partial charge in [-0.25, -0.2) is 0 Å². The molecule has 0 aliphatic carbocycles. The van der Waals surface area contributed by atoms with E-state index in [2.05, 4.69) is 0 Å². The number of rotatable bonds is 3. The van der Waals surface area contributed by atoms with Crippen LogP contribution in [0.3, 0.4) is 0 Å². The third-order valence-corrected chi connectivity index (χ3v) is 3.66. The first kappa shape index (κ1) is 13.6. The van der Waals surface area contributed by atoms with Gasteiger partial charge >= 0.3 is 0 Å². The van der Waals surface area contributed by atoms with Crippen LogP contribution in [0.25, 0.3) is 0 Å². The maximum absolute atomic E-state index is 12.3. The lowest BCUT2D eigenvalue weighted by Crippen LogP contribution is -2.38. The Labute approximate surface area is 114 Å². The molecule has 4 heteroatoms. The van der Waals surface area contributed by atoms with Crippen molar-refractivity contribution in [1.29, 1.82) is 0 Å². The van der Waals surface area contributed by atoms with Crippen LogP contribution in [0.5, 0.6) is 0 Å². The molecule has 2 amide bonds. The number of hydrogen-bond acceptors (Lipinski definition) is 2. The third kappa shape index (κ3) is 2.78. The lowest BCUT2D eigenvalue weighted by atomic mass is 10.1. The summed E-state index contributed by atoms with van der Waals surface area (Å²) in [5.41, 5.74) is 0.870. The number of nitrogens with zero attached hydrogens (tertiary/aromatic N) is 2. The molecule has 0 radical (unpaired) electrons. The number of amides is 2. The topological polar surface area (TPSA) is 40.6 Å². The number of anilines is 1. The van der Waals surface area contributed by atoms with Gasteiger partial charge in [0.25, 0.3) is 0 Å². The van der Waals surface area contributed by atoms with E-state index < -0.39 is 0 Å². The van der Waals surface area contributed by atoms with E-state index in [1.165, 1.54) is 0 Å². The summed E-state index contributed by atoms with van der Waals surface area (Å²) in [6.07, 6.45) is 0.310. The van der Waals surface area contributed by atoms with Gasteiger partial charge in [-0.1, -0.05) is 18.2 Å². The van der Waals surface area contributed by atoms with E-state index >= 15 is 0 Å². The Hall–Kier alpha value is -1.84. The average Bonchev–Trinajstić information content (AvgIpc) is 2.80. The summed E-state index contributed by atoms with van der Waals surface area (Å²) in [5, 5.41) is 0. The number of benzene rings is 1. The van der Waals surface area contributed by atoms with Gasteiger partial charge in [-0.05, 0) is 26.0 Å². The largest absolute Gasteiger partial charge is 0.343 e. The van der Waals surface area contributed by atoms with Gasteiger partial charge in [-0.15, -0.1) is 0 Å². The lowest BCUT2D eigenvalue weighted by Gasteiger charge is -2.24. The number of carbonyl (C=O) groups is 2. The molecule has 0 spiro atoms. The first-order valence-electron chi connectivity index (χ1n) is 6.62. The Kier molecular flexibility index (Phi) is 3.88. The molecule has 1 heterocycles. The van der Waals surface area contributed by atoms with E-state index in [0.29, 0.717) is 13.0 Å². The van der Waals surface area contributed by atoms with Gasteiger partial charge in [-0.2, -0.15) is 0 Å². The quantitative estimate of drug-likeness (QED) is 0.833. The Balaban J connectivity index is 2.10. The highest BCUT2D eigenvalue weighted by Crippen LogP contribution is 2.26. The Morgan fingerprint density at radius 3 is 2.53 bits per heavy atom. The van der Waals surface area contributed by atoms with Gasteiger partial charge in [0.15, 0.2) is 0 Å². The van der Waals surface area contributed by atoms with E-state index in [0.717, 1.165) is 5.69 Å². The van der Waals surface area contributed by atoms with Crippen LogP contribution in [0.4, 0.5) is 5.69 Å². The molecule has 0 bridgehead atoms. The van der Waals surface area contributed by atoms with Gasteiger partial charge in [0.05, 0.1) is 5.92 Å². The first-order valence-corrected chi connectivity index (χ1v) is 6.62. The highest BCUT2D eigenvalue weighted by atomic mass is 16.2. The van der Waals surface area contributed by atoms with Gasteiger partial charge in [0.2, 0.25) is 11.8 Å². The minimum absolute atomic E-state index is 0.0294. The molecule has 4 nitrogen and oxygen atoms in total. The Bertz CT molecular complexity index is 470. The molecule has 1 aromatic rings. The Morgan fingerprint density at radius 2 is 1.95 bits per heavy atom. The summed E-state index contributed by atoms with van der Waals surface area (Å²) in [7, 11) is 1.79. The van der Waals surface area contributed by atoms with E-state index in [1.54, 1.807) is 16.8 Å². The van der Waals surface area contributed by atoms with Crippen molar-refractivity contribution in [3.8, 4) is 0 Å². The molecule has 0 aromatic heterocycles. The summed E-state index contributed by atoms with van der Waals surface area (Å²) in [5.74, 6) is -0.136. The standard InChI is InChI=1S/C15H20N2O2/c1-11(2)16(3)15(19)12-9-14(18)17(10-12)13-7-5-4-6-8-13/h4-8,11-12H,9-10H2,1-3H3. The second kappa shape index (κ2) is 5.43. The lowest BCUT2D eigenvalue weighted by molar-refractivity contribution is -0.135. The van der Waals surface area contributed by atoms with E-state index in [1.807, 2.05) is 44.2 Å². The maximum atomic E-state index is 12.3. The van der Waals surface area contributed by atoms with Gasteiger partial charge in [-0.3, -0.25) is 9.59 Å². The van der Waals surface area contributed by atoms with Gasteiger partial charge < -0.3 is 9.80 Å². The summed E-state index contributed by atoms with van der Waals surface area (Å²) in [4.78, 5) is 27.7. The molecule has 1 aromatic carbocycles. The fraction of sp³-hybridized carbons (Fsp3) is 0.467. The first-order chi connectivity index (χ1) is 9.00. The van der Waals surface area contributed by atoms with Gasteiger partial charge in [0, 0.05) is 31.7 Å². The highest BCUT2D eigenvalue weighted by molar-refractivity contribution is 6.00. The van der Waals surface area contributed by atoms with Crippen molar-refractivity contribution in [2.75, 3.05) is 18.5 Å². The third-order valence-electron chi connectivity index (χ3n) is 3.66. The molecule has 102 valence electrons. The number of hydrogen-bond donors (Lipinski definition) is 0. The predicted octanol–water partition coefficient (Wildman–Crippen LogP) is 1.91. The summed E-state index contributed by atoms with van der Waals surface area (Å²) in [6, 6.07) is 9.68. The Morgan fingerprint density at radius 1 is 1.32 bits per heavy atom. The van der Waals surface area contributed by atoms with Crippen LogP contribution in [0.1, 0.15) is 20.3 Å². The minimum Gasteiger partial charge on any atom is -0.343 e. The molecule has 0 saturated carbocycles. The SMILES string of the molecule is CC(C)N(C)C(=O)C1CC(=O)N(c2ccccc2)C1. The zero-order chi connectivity index (χ0) is 14.0. The summed E-state index contributed by atoms with van der Waals surface area (Å²) < 4.78 is 0. The van der Waals surface area contributed by atoms with Gasteiger partial charge in [0.1, 0.15) is 0 Å². The number of carbonyl (C=O) groups excluding carboxylic acids is 2. The van der Waals surface area contributed by atoms with Crippen molar-refractivity contribution in [1.82, 2.24) is 4.90 Å². The van der Waals surface area contributed by atoms with Crippen LogP contribution in [-0.2, 0) is 9.59 Å². The molecule has 1 saturated heterocycles. The highest BCUT2D eigenvalue weighted by Gasteiger charge is 2.36. The summed E-state index contributed by atoms with van der Waals surface area (Å²) >= 11 is 0. The van der Waals surface area contributed by atoms with E-state index in [9.17, 15) is 9.59 Å². The second-order valence-electron chi connectivity index (χ2n) is 5.28. The molecule has 2 rings (SSSR count). The second-order valence-corrected chi connectivity index (χ2v) is 5.28. The molecule has 1 atom stereocenters. The van der Waals surface area contributed by atoms with Crippen LogP contribution in [0.15, 0.2) is 30.3 Å².